The maximum atomic E-state index is 14.0. The summed E-state index contributed by atoms with van der Waals surface area (Å²) in [4.78, 5) is 7.01. The van der Waals surface area contributed by atoms with Crippen LogP contribution in [0.2, 0.25) is 18.1 Å². The van der Waals surface area contributed by atoms with E-state index in [2.05, 4.69) is 236 Å². The first-order valence-corrected chi connectivity index (χ1v) is 31.7. The highest BCUT2D eigenvalue weighted by molar-refractivity contribution is 7.95. The van der Waals surface area contributed by atoms with E-state index in [1.807, 2.05) is 68.3 Å². The second kappa shape index (κ2) is 21.8. The lowest BCUT2D eigenvalue weighted by atomic mass is 9.92. The van der Waals surface area contributed by atoms with Crippen LogP contribution in [0.25, 0.3) is 29.0 Å². The maximum Gasteiger partial charge on any atom is 0.182 e. The van der Waals surface area contributed by atoms with E-state index in [1.165, 1.54) is 26.7 Å². The lowest BCUT2D eigenvalue weighted by Gasteiger charge is -2.41. The molecule has 0 fully saturated rings. The first-order chi connectivity index (χ1) is 36.7. The molecular formula is C70H71N3O2PSi+. The topological polar surface area (TPSA) is 62.3 Å². The third-order valence-corrected chi connectivity index (χ3v) is 25.3. The van der Waals surface area contributed by atoms with Crippen LogP contribution in [0, 0.1) is 28.4 Å². The molecule has 77 heavy (non-hydrogen) atoms. The van der Waals surface area contributed by atoms with Crippen LogP contribution in [0.15, 0.2) is 200 Å². The molecule has 0 N–H and O–H groups in total. The van der Waals surface area contributed by atoms with Crippen molar-refractivity contribution < 1.29 is 9.58 Å². The standard InChI is InChI=1S/C70H71N3O2PSi/c1-68(2,3)72(74)49-63-60-39-22-15-23-40-61(60)64(67(63)77(10,11)70(7,8)9)65-62(48-71)66(75-73(65)69(4,5)6)56-32-26-30-54(47-56)44-43-52-28-24-27-51(45-52)41-42-53-29-25-31-55(46-53)50-76(57-33-16-12-17-34-57,58-35-18-13-19-36-58)59-37-20-14-21-38-59/h12-42,45-47,49,65H,50H2,1-11H3/q+1/b42-41+,72-49-. The molecule has 0 aromatic heterocycles. The van der Waals surface area contributed by atoms with Crippen molar-refractivity contribution in [3.63, 3.8) is 0 Å². The van der Waals surface area contributed by atoms with E-state index in [0.29, 0.717) is 11.3 Å². The molecule has 1 aliphatic heterocycles. The SMILES string of the molecule is CC(C)(C)N1OC(c2cccc(C#Cc3cccc(/C=C/c4cccc(C[P+](c5ccccc5)(c5ccccc5)c5ccccc5)c4)c3)c2)=C(C#N)C1c1c2cccccc-2c(/C=[N+](\[O-])C(C)(C)C)c1[Si](C)(C)C(C)(C)C. The summed E-state index contributed by atoms with van der Waals surface area (Å²) in [7, 11) is -4.52. The van der Waals surface area contributed by atoms with Crippen molar-refractivity contribution in [3.8, 4) is 29.0 Å². The lowest BCUT2D eigenvalue weighted by Crippen LogP contribution is -2.53. The Hall–Kier alpha value is -7.57. The van der Waals surface area contributed by atoms with Crippen LogP contribution in [0.1, 0.15) is 113 Å². The largest absolute Gasteiger partial charge is 0.623 e. The van der Waals surface area contributed by atoms with E-state index >= 15 is 0 Å². The quantitative estimate of drug-likeness (QED) is 0.0189. The van der Waals surface area contributed by atoms with Crippen LogP contribution in [-0.4, -0.2) is 35.2 Å². The molecule has 1 heterocycles. The van der Waals surface area contributed by atoms with Gasteiger partial charge in [-0.2, -0.15) is 5.26 Å². The molecule has 3 aliphatic rings. The molecule has 6 aromatic rings. The predicted octanol–water partition coefficient (Wildman–Crippen LogP) is 15.3. The zero-order chi connectivity index (χ0) is 54.8. The molecule has 0 radical (unpaired) electrons. The Labute approximate surface area is 460 Å². The Morgan fingerprint density at radius 1 is 0.610 bits per heavy atom. The molecule has 0 saturated carbocycles. The van der Waals surface area contributed by atoms with Crippen LogP contribution in [0.5, 0.6) is 0 Å². The molecule has 5 nitrogen and oxygen atoms in total. The highest BCUT2D eigenvalue weighted by atomic mass is 31.2. The number of rotatable bonds is 11. The number of hydroxylamine groups is 3. The summed E-state index contributed by atoms with van der Waals surface area (Å²) in [5.41, 5.74) is 9.28. The van der Waals surface area contributed by atoms with Crippen LogP contribution < -0.4 is 21.1 Å². The number of hydrogen-bond donors (Lipinski definition) is 0. The molecule has 386 valence electrons. The Bertz CT molecular complexity index is 3500. The normalized spacial score (nSPS) is 14.8. The Morgan fingerprint density at radius 3 is 1.62 bits per heavy atom. The molecule has 9 rings (SSSR count). The molecule has 0 bridgehead atoms. The van der Waals surface area contributed by atoms with Crippen molar-refractivity contribution in [3.05, 3.63) is 249 Å². The van der Waals surface area contributed by atoms with Gasteiger partial charge in [0, 0.05) is 48.6 Å². The molecule has 6 aromatic carbocycles. The summed E-state index contributed by atoms with van der Waals surface area (Å²) in [6.45, 7) is 23.9. The molecule has 0 amide bonds. The van der Waals surface area contributed by atoms with Gasteiger partial charge >= 0.3 is 0 Å². The van der Waals surface area contributed by atoms with Gasteiger partial charge in [-0.05, 0) is 131 Å². The average Bonchev–Trinajstić information content (AvgIpc) is 3.96. The molecule has 0 spiro atoms. The van der Waals surface area contributed by atoms with Crippen LogP contribution in [0.3, 0.4) is 0 Å². The highest BCUT2D eigenvalue weighted by Crippen LogP contribution is 2.58. The predicted molar refractivity (Wildman–Crippen MR) is 329 cm³/mol. The van der Waals surface area contributed by atoms with Crippen LogP contribution >= 0.6 is 7.26 Å². The molecular weight excluding hydrogens is 974 g/mol. The first-order valence-electron chi connectivity index (χ1n) is 26.7. The number of nitrogens with zero attached hydrogens (tertiary/aromatic N) is 3. The van der Waals surface area contributed by atoms with Gasteiger partial charge in [-0.25, -0.2) is 4.74 Å². The van der Waals surface area contributed by atoms with Gasteiger partial charge in [0.15, 0.2) is 17.5 Å². The van der Waals surface area contributed by atoms with E-state index in [4.69, 9.17) is 4.84 Å². The second-order valence-corrected chi connectivity index (χ2v) is 32.5. The van der Waals surface area contributed by atoms with Crippen LogP contribution in [-0.2, 0) is 11.0 Å². The van der Waals surface area contributed by atoms with Gasteiger partial charge in [0.25, 0.3) is 0 Å². The van der Waals surface area contributed by atoms with Gasteiger partial charge in [0.2, 0.25) is 0 Å². The molecule has 1 atom stereocenters. The van der Waals surface area contributed by atoms with Gasteiger partial charge in [0.1, 0.15) is 35.3 Å². The minimum Gasteiger partial charge on any atom is -0.623 e. The number of nitriles is 1. The van der Waals surface area contributed by atoms with Crippen LogP contribution in [0.4, 0.5) is 0 Å². The highest BCUT2D eigenvalue weighted by Gasteiger charge is 2.51. The number of hydrogen-bond acceptors (Lipinski definition) is 4. The number of benzene rings is 6. The summed E-state index contributed by atoms with van der Waals surface area (Å²) < 4.78 is 1.09. The third-order valence-electron chi connectivity index (χ3n) is 15.4. The summed E-state index contributed by atoms with van der Waals surface area (Å²) >= 11 is 0. The van der Waals surface area contributed by atoms with E-state index in [1.54, 1.807) is 6.21 Å². The van der Waals surface area contributed by atoms with Crippen molar-refractivity contribution >= 4 is 60.6 Å². The Morgan fingerprint density at radius 2 is 1.10 bits per heavy atom. The summed E-state index contributed by atoms with van der Waals surface area (Å²) in [6.07, 6.45) is 7.07. The van der Waals surface area contributed by atoms with E-state index in [0.717, 1.165) is 61.0 Å². The minimum atomic E-state index is -2.46. The zero-order valence-electron chi connectivity index (χ0n) is 46.6. The molecule has 1 unspecified atom stereocenters. The van der Waals surface area contributed by atoms with E-state index in [9.17, 15) is 10.5 Å². The summed E-state index contributed by atoms with van der Waals surface area (Å²) in [6, 6.07) is 71.0. The molecule has 2 aliphatic carbocycles. The Balaban J connectivity index is 1.05. The van der Waals surface area contributed by atoms with Gasteiger partial charge in [-0.15, -0.1) is 5.06 Å². The van der Waals surface area contributed by atoms with Crippen molar-refractivity contribution in [1.29, 1.82) is 5.26 Å². The fourth-order valence-corrected chi connectivity index (χ4v) is 17.2. The van der Waals surface area contributed by atoms with Crippen molar-refractivity contribution in [1.82, 2.24) is 5.06 Å². The first kappa shape index (κ1) is 54.2. The average molecular weight is 1050 g/mol. The summed E-state index contributed by atoms with van der Waals surface area (Å²) in [5.74, 6) is 7.40. The van der Waals surface area contributed by atoms with Gasteiger partial charge < -0.3 is 10.0 Å². The maximum absolute atomic E-state index is 14.0. The lowest BCUT2D eigenvalue weighted by molar-refractivity contribution is -0.530. The molecule has 0 saturated heterocycles. The van der Waals surface area contributed by atoms with Gasteiger partial charge in [-0.3, -0.25) is 0 Å². The Kier molecular flexibility index (Phi) is 15.4. The number of fused-ring (bicyclic) bond motifs is 1. The van der Waals surface area contributed by atoms with Crippen molar-refractivity contribution in [2.45, 2.75) is 104 Å². The van der Waals surface area contributed by atoms with Crippen molar-refractivity contribution in [2.24, 2.45) is 0 Å². The van der Waals surface area contributed by atoms with Crippen molar-refractivity contribution in [2.75, 3.05) is 0 Å². The van der Waals surface area contributed by atoms with Gasteiger partial charge in [0.05, 0.1) is 19.8 Å². The fraction of sp³-hybridized carbons (Fsp3) is 0.229. The van der Waals surface area contributed by atoms with Gasteiger partial charge in [-0.1, -0.05) is 185 Å². The smallest absolute Gasteiger partial charge is 0.182 e. The minimum absolute atomic E-state index is 0.100. The third kappa shape index (κ3) is 11.2. The second-order valence-electron chi connectivity index (χ2n) is 23.8. The molecule has 7 heteroatoms. The zero-order valence-corrected chi connectivity index (χ0v) is 48.5. The monoisotopic (exact) mass is 1040 g/mol. The van der Waals surface area contributed by atoms with E-state index in [-0.39, 0.29) is 5.04 Å². The van der Waals surface area contributed by atoms with E-state index < -0.39 is 32.5 Å². The summed E-state index contributed by atoms with van der Waals surface area (Å²) in [5, 5.41) is 32.6. The fourth-order valence-electron chi connectivity index (χ4n) is 10.4.